The van der Waals surface area contributed by atoms with Crippen molar-refractivity contribution in [2.45, 2.75) is 32.2 Å². The van der Waals surface area contributed by atoms with E-state index in [1.807, 2.05) is 13.0 Å². The fourth-order valence-corrected chi connectivity index (χ4v) is 2.98. The number of carbonyl (C=O) groups is 3. The Morgan fingerprint density at radius 3 is 2.65 bits per heavy atom. The molecule has 3 rings (SSSR count). The predicted molar refractivity (Wildman–Crippen MR) is 82.9 cm³/mol. The summed E-state index contributed by atoms with van der Waals surface area (Å²) in [6, 6.07) is 8.28. The van der Waals surface area contributed by atoms with Crippen LogP contribution in [0.1, 0.15) is 36.5 Å². The number of rotatable bonds is 2. The zero-order valence-electron chi connectivity index (χ0n) is 13.1. The van der Waals surface area contributed by atoms with Crippen molar-refractivity contribution in [1.82, 2.24) is 20.5 Å². The zero-order chi connectivity index (χ0) is 16.4. The normalized spacial score (nSPS) is 21.8. The summed E-state index contributed by atoms with van der Waals surface area (Å²) in [4.78, 5) is 37.3. The van der Waals surface area contributed by atoms with Gasteiger partial charge in [0.1, 0.15) is 0 Å². The van der Waals surface area contributed by atoms with Gasteiger partial charge < -0.3 is 0 Å². The van der Waals surface area contributed by atoms with E-state index in [1.54, 1.807) is 24.3 Å². The van der Waals surface area contributed by atoms with Crippen LogP contribution in [0, 0.1) is 0 Å². The number of hydrogen-bond donors (Lipinski definition) is 1. The summed E-state index contributed by atoms with van der Waals surface area (Å²) in [5, 5.41) is 4.24. The molecule has 23 heavy (non-hydrogen) atoms. The van der Waals surface area contributed by atoms with Crippen molar-refractivity contribution in [3.63, 3.8) is 0 Å². The lowest BCUT2D eigenvalue weighted by Crippen LogP contribution is -2.60. The van der Waals surface area contributed by atoms with Crippen LogP contribution in [0.3, 0.4) is 0 Å². The van der Waals surface area contributed by atoms with Crippen molar-refractivity contribution in [3.8, 4) is 0 Å². The molecule has 2 saturated heterocycles. The van der Waals surface area contributed by atoms with E-state index in [0.29, 0.717) is 12.1 Å². The molecule has 0 aliphatic carbocycles. The molecule has 1 aromatic carbocycles. The van der Waals surface area contributed by atoms with Gasteiger partial charge >= 0.3 is 6.03 Å². The van der Waals surface area contributed by atoms with Gasteiger partial charge in [-0.3, -0.25) is 15.0 Å². The minimum Gasteiger partial charge on any atom is -0.273 e. The number of amides is 4. The molecule has 2 aliphatic rings. The second-order valence-electron chi connectivity index (χ2n) is 5.84. The van der Waals surface area contributed by atoms with E-state index in [-0.39, 0.29) is 36.9 Å². The lowest BCUT2D eigenvalue weighted by atomic mass is 10.1. The van der Waals surface area contributed by atoms with Gasteiger partial charge in [0.2, 0.25) is 5.91 Å². The molecule has 0 aromatic heterocycles. The fraction of sp³-hybridized carbons (Fsp3) is 0.438. The first-order valence-electron chi connectivity index (χ1n) is 7.85. The minimum atomic E-state index is -0.357. The number of hydrazine groups is 2. The van der Waals surface area contributed by atoms with E-state index in [9.17, 15) is 14.4 Å². The van der Waals surface area contributed by atoms with Gasteiger partial charge in [-0.15, -0.1) is 0 Å². The van der Waals surface area contributed by atoms with Crippen LogP contribution in [0.4, 0.5) is 4.79 Å². The third kappa shape index (κ3) is 2.99. The molecule has 0 saturated carbocycles. The van der Waals surface area contributed by atoms with Crippen molar-refractivity contribution < 1.29 is 14.4 Å². The lowest BCUT2D eigenvalue weighted by Gasteiger charge is -2.42. The first-order chi connectivity index (χ1) is 11.1. The number of hydrogen-bond acceptors (Lipinski definition) is 3. The zero-order valence-corrected chi connectivity index (χ0v) is 13.1. The Morgan fingerprint density at radius 2 is 1.91 bits per heavy atom. The standard InChI is InChI=1S/C16H20N4O3/c1-12-6-5-10-19-14(21)9-11-18(16(23)20(12)19)17-15(22)13-7-3-2-4-8-13/h2-4,7-8,12H,5-6,9-11H2,1H3,(H,17,22). The monoisotopic (exact) mass is 316 g/mol. The van der Waals surface area contributed by atoms with E-state index in [2.05, 4.69) is 5.43 Å². The van der Waals surface area contributed by atoms with Crippen molar-refractivity contribution in [2.75, 3.05) is 13.1 Å². The van der Waals surface area contributed by atoms with Crippen LogP contribution in [0.5, 0.6) is 0 Å². The Kier molecular flexibility index (Phi) is 4.18. The van der Waals surface area contributed by atoms with E-state index in [4.69, 9.17) is 0 Å². The van der Waals surface area contributed by atoms with E-state index >= 15 is 0 Å². The Morgan fingerprint density at radius 1 is 1.17 bits per heavy atom. The van der Waals surface area contributed by atoms with Crippen LogP contribution in [0.2, 0.25) is 0 Å². The van der Waals surface area contributed by atoms with Crippen LogP contribution < -0.4 is 5.43 Å². The molecular formula is C16H20N4O3. The summed E-state index contributed by atoms with van der Waals surface area (Å²) in [6.07, 6.45) is 1.92. The van der Waals surface area contributed by atoms with E-state index in [1.165, 1.54) is 15.0 Å². The summed E-state index contributed by atoms with van der Waals surface area (Å²) < 4.78 is 0. The SMILES string of the molecule is CC1CCCN2C(=O)CCN(NC(=O)c3ccccc3)C(=O)N12. The largest absolute Gasteiger partial charge is 0.357 e. The van der Waals surface area contributed by atoms with Gasteiger partial charge in [-0.2, -0.15) is 0 Å². The van der Waals surface area contributed by atoms with Gasteiger partial charge in [0.25, 0.3) is 5.91 Å². The van der Waals surface area contributed by atoms with Crippen LogP contribution in [0.25, 0.3) is 0 Å². The van der Waals surface area contributed by atoms with Gasteiger partial charge in [0.15, 0.2) is 0 Å². The molecule has 122 valence electrons. The van der Waals surface area contributed by atoms with Gasteiger partial charge in [-0.25, -0.2) is 19.8 Å². The topological polar surface area (TPSA) is 73.0 Å². The number of benzene rings is 1. The Balaban J connectivity index is 1.78. The Hall–Kier alpha value is -2.57. The lowest BCUT2D eigenvalue weighted by molar-refractivity contribution is -0.149. The average molecular weight is 316 g/mol. The van der Waals surface area contributed by atoms with Gasteiger partial charge in [-0.1, -0.05) is 18.2 Å². The molecule has 2 aliphatic heterocycles. The molecule has 2 fully saturated rings. The maximum Gasteiger partial charge on any atom is 0.357 e. The van der Waals surface area contributed by atoms with Crippen molar-refractivity contribution in [2.24, 2.45) is 0 Å². The number of urea groups is 1. The summed E-state index contributed by atoms with van der Waals surface area (Å²) in [6.45, 7) is 2.64. The van der Waals surface area contributed by atoms with Crippen molar-refractivity contribution in [1.29, 1.82) is 0 Å². The predicted octanol–water partition coefficient (Wildman–Crippen LogP) is 1.38. The first-order valence-corrected chi connectivity index (χ1v) is 7.85. The molecule has 2 heterocycles. The third-order valence-electron chi connectivity index (χ3n) is 4.21. The first kappa shape index (κ1) is 15.3. The number of carbonyl (C=O) groups excluding carboxylic acids is 3. The summed E-state index contributed by atoms with van der Waals surface area (Å²) in [5.41, 5.74) is 3.10. The second kappa shape index (κ2) is 6.28. The number of nitrogens with one attached hydrogen (secondary N) is 1. The molecule has 1 atom stereocenters. The fourth-order valence-electron chi connectivity index (χ4n) is 2.98. The Bertz CT molecular complexity index is 619. The minimum absolute atomic E-state index is 0.0607. The maximum atomic E-state index is 12.7. The molecule has 1 aromatic rings. The summed E-state index contributed by atoms with van der Waals surface area (Å²) in [5.74, 6) is -0.439. The second-order valence-corrected chi connectivity index (χ2v) is 5.84. The van der Waals surface area contributed by atoms with E-state index < -0.39 is 0 Å². The average Bonchev–Trinajstić information content (AvgIpc) is 2.68. The molecule has 1 unspecified atom stereocenters. The van der Waals surface area contributed by atoms with Crippen LogP contribution in [-0.4, -0.2) is 52.0 Å². The highest BCUT2D eigenvalue weighted by molar-refractivity contribution is 5.95. The number of nitrogens with zero attached hydrogens (tertiary/aromatic N) is 3. The van der Waals surface area contributed by atoms with Gasteiger partial charge in [-0.05, 0) is 31.9 Å². The molecular weight excluding hydrogens is 296 g/mol. The molecule has 7 heteroatoms. The van der Waals surface area contributed by atoms with Crippen molar-refractivity contribution >= 4 is 17.8 Å². The van der Waals surface area contributed by atoms with E-state index in [0.717, 1.165) is 12.8 Å². The summed E-state index contributed by atoms with van der Waals surface area (Å²) >= 11 is 0. The summed E-state index contributed by atoms with van der Waals surface area (Å²) in [7, 11) is 0. The third-order valence-corrected chi connectivity index (χ3v) is 4.21. The molecule has 1 N–H and O–H groups in total. The Labute approximate surface area is 134 Å². The highest BCUT2D eigenvalue weighted by Crippen LogP contribution is 2.22. The van der Waals surface area contributed by atoms with Gasteiger partial charge in [0, 0.05) is 18.5 Å². The maximum absolute atomic E-state index is 12.7. The van der Waals surface area contributed by atoms with Crippen LogP contribution in [-0.2, 0) is 4.79 Å². The van der Waals surface area contributed by atoms with Gasteiger partial charge in [0.05, 0.1) is 12.6 Å². The highest BCUT2D eigenvalue weighted by Gasteiger charge is 2.39. The number of fused-ring (bicyclic) bond motifs is 1. The molecule has 0 spiro atoms. The smallest absolute Gasteiger partial charge is 0.273 e. The molecule has 4 amide bonds. The van der Waals surface area contributed by atoms with Crippen LogP contribution in [0.15, 0.2) is 30.3 Å². The van der Waals surface area contributed by atoms with Crippen molar-refractivity contribution in [3.05, 3.63) is 35.9 Å². The highest BCUT2D eigenvalue weighted by atomic mass is 16.2. The van der Waals surface area contributed by atoms with Crippen LogP contribution >= 0.6 is 0 Å². The molecule has 0 radical (unpaired) electrons. The molecule has 0 bridgehead atoms. The quantitative estimate of drug-likeness (QED) is 0.896. The molecule has 7 nitrogen and oxygen atoms in total.